The third kappa shape index (κ3) is 3.52. The smallest absolute Gasteiger partial charge is 0.323 e. The zero-order valence-electron chi connectivity index (χ0n) is 15.6. The molecule has 2 aliphatic rings. The van der Waals surface area contributed by atoms with Gasteiger partial charge in [0.1, 0.15) is 5.41 Å². The Labute approximate surface area is 149 Å². The second kappa shape index (κ2) is 6.94. The predicted molar refractivity (Wildman–Crippen MR) is 96.1 cm³/mol. The van der Waals surface area contributed by atoms with Crippen LogP contribution in [-0.2, 0) is 18.8 Å². The normalized spacial score (nSPS) is 29.2. The predicted octanol–water partition coefficient (Wildman–Crippen LogP) is 4.11. The number of rotatable bonds is 6. The third-order valence-electron chi connectivity index (χ3n) is 5.81. The first-order valence-corrected chi connectivity index (χ1v) is 11.6. The fourth-order valence-electron chi connectivity index (χ4n) is 3.29. The lowest BCUT2D eigenvalue weighted by atomic mass is 9.66. The van der Waals surface area contributed by atoms with Gasteiger partial charge in [-0.2, -0.15) is 0 Å². The SMILES string of the molecule is CC(C)(C)[Si](C)(C)O[C@@H]1C=CC[C@@H]2C(=O)OC(=O)[C@@]21CCCN=[N+]=[N-]. The second-order valence-electron chi connectivity index (χ2n) is 8.32. The van der Waals surface area contributed by atoms with Crippen molar-refractivity contribution in [1.29, 1.82) is 0 Å². The van der Waals surface area contributed by atoms with Crippen molar-refractivity contribution in [2.24, 2.45) is 16.4 Å². The van der Waals surface area contributed by atoms with E-state index in [2.05, 4.69) is 43.9 Å². The van der Waals surface area contributed by atoms with E-state index >= 15 is 0 Å². The van der Waals surface area contributed by atoms with Gasteiger partial charge in [-0.3, -0.25) is 9.59 Å². The van der Waals surface area contributed by atoms with Crippen LogP contribution in [0.2, 0.25) is 18.1 Å². The fourth-order valence-corrected chi connectivity index (χ4v) is 4.56. The summed E-state index contributed by atoms with van der Waals surface area (Å²) in [6, 6.07) is 0. The quantitative estimate of drug-likeness (QED) is 0.103. The molecule has 25 heavy (non-hydrogen) atoms. The molecule has 1 fully saturated rings. The van der Waals surface area contributed by atoms with E-state index in [1.54, 1.807) is 0 Å². The van der Waals surface area contributed by atoms with Gasteiger partial charge in [-0.15, -0.1) is 0 Å². The maximum absolute atomic E-state index is 12.7. The molecule has 0 unspecified atom stereocenters. The van der Waals surface area contributed by atoms with E-state index < -0.39 is 37.7 Å². The summed E-state index contributed by atoms with van der Waals surface area (Å²) < 4.78 is 11.5. The largest absolute Gasteiger partial charge is 0.409 e. The van der Waals surface area contributed by atoms with Gasteiger partial charge in [-0.25, -0.2) is 0 Å². The number of azide groups is 1. The summed E-state index contributed by atoms with van der Waals surface area (Å²) in [4.78, 5) is 27.7. The molecular formula is C17H27N3O4Si. The number of esters is 2. The molecule has 0 aromatic rings. The van der Waals surface area contributed by atoms with Gasteiger partial charge in [0.15, 0.2) is 8.32 Å². The number of carbonyl (C=O) groups excluding carboxylic acids is 2. The molecule has 7 nitrogen and oxygen atoms in total. The van der Waals surface area contributed by atoms with Gasteiger partial charge >= 0.3 is 11.9 Å². The van der Waals surface area contributed by atoms with E-state index in [9.17, 15) is 9.59 Å². The summed E-state index contributed by atoms with van der Waals surface area (Å²) in [6.45, 7) is 10.9. The highest BCUT2D eigenvalue weighted by Gasteiger charge is 2.63. The molecule has 2 rings (SSSR count). The van der Waals surface area contributed by atoms with Gasteiger partial charge in [-0.05, 0) is 42.9 Å². The summed E-state index contributed by atoms with van der Waals surface area (Å²) in [6.07, 6.45) is 4.72. The summed E-state index contributed by atoms with van der Waals surface area (Å²) in [5, 5.41) is 3.52. The Kier molecular flexibility index (Phi) is 5.46. The van der Waals surface area contributed by atoms with Crippen LogP contribution >= 0.6 is 0 Å². The van der Waals surface area contributed by atoms with Crippen molar-refractivity contribution < 1.29 is 18.8 Å². The Morgan fingerprint density at radius 3 is 2.72 bits per heavy atom. The van der Waals surface area contributed by atoms with Crippen LogP contribution in [0, 0.1) is 11.3 Å². The molecule has 0 amide bonds. The van der Waals surface area contributed by atoms with Crippen molar-refractivity contribution in [2.45, 2.75) is 64.3 Å². The van der Waals surface area contributed by atoms with Gasteiger partial charge < -0.3 is 9.16 Å². The zero-order valence-corrected chi connectivity index (χ0v) is 16.6. The van der Waals surface area contributed by atoms with Crippen molar-refractivity contribution in [3.63, 3.8) is 0 Å². The van der Waals surface area contributed by atoms with Crippen LogP contribution in [0.1, 0.15) is 40.0 Å². The molecule has 8 heteroatoms. The molecule has 0 aromatic carbocycles. The van der Waals surface area contributed by atoms with Gasteiger partial charge in [0.25, 0.3) is 0 Å². The zero-order chi connectivity index (χ0) is 18.9. The average molecular weight is 366 g/mol. The Morgan fingerprint density at radius 1 is 1.44 bits per heavy atom. The lowest BCUT2D eigenvalue weighted by molar-refractivity contribution is -0.157. The lowest BCUT2D eigenvalue weighted by Crippen LogP contribution is -2.53. The highest BCUT2D eigenvalue weighted by Crippen LogP contribution is 2.51. The van der Waals surface area contributed by atoms with Crippen molar-refractivity contribution >= 4 is 20.3 Å². The highest BCUT2D eigenvalue weighted by atomic mass is 28.4. The molecule has 0 bridgehead atoms. The minimum absolute atomic E-state index is 0.0212. The average Bonchev–Trinajstić information content (AvgIpc) is 2.75. The Morgan fingerprint density at radius 2 is 2.12 bits per heavy atom. The Balaban J connectivity index is 2.36. The second-order valence-corrected chi connectivity index (χ2v) is 13.1. The van der Waals surface area contributed by atoms with Crippen molar-refractivity contribution in [3.05, 3.63) is 22.6 Å². The first-order chi connectivity index (χ1) is 11.6. The maximum Gasteiger partial charge on any atom is 0.323 e. The Hall–Kier alpha value is -1.63. The van der Waals surface area contributed by atoms with Crippen LogP contribution in [0.5, 0.6) is 0 Å². The monoisotopic (exact) mass is 365 g/mol. The molecule has 1 saturated heterocycles. The minimum atomic E-state index is -2.16. The van der Waals surface area contributed by atoms with Crippen molar-refractivity contribution in [1.82, 2.24) is 0 Å². The van der Waals surface area contributed by atoms with E-state index in [4.69, 9.17) is 14.7 Å². The summed E-state index contributed by atoms with van der Waals surface area (Å²) >= 11 is 0. The number of cyclic esters (lactones) is 2. The van der Waals surface area contributed by atoms with E-state index in [0.29, 0.717) is 19.3 Å². The number of carbonyl (C=O) groups is 2. The van der Waals surface area contributed by atoms with Crippen LogP contribution in [0.3, 0.4) is 0 Å². The molecule has 0 spiro atoms. The minimum Gasteiger partial charge on any atom is -0.409 e. The van der Waals surface area contributed by atoms with Gasteiger partial charge in [-0.1, -0.05) is 38.0 Å². The fraction of sp³-hybridized carbons (Fsp3) is 0.765. The summed E-state index contributed by atoms with van der Waals surface area (Å²) in [5.41, 5.74) is 7.45. The van der Waals surface area contributed by atoms with Gasteiger partial charge in [0.05, 0.1) is 12.0 Å². The van der Waals surface area contributed by atoms with E-state index in [1.807, 2.05) is 12.2 Å². The molecule has 0 radical (unpaired) electrons. The third-order valence-corrected chi connectivity index (χ3v) is 10.3. The van der Waals surface area contributed by atoms with Crippen LogP contribution < -0.4 is 0 Å². The summed E-state index contributed by atoms with van der Waals surface area (Å²) in [5.74, 6) is -1.50. The molecule has 0 aromatic heterocycles. The summed E-state index contributed by atoms with van der Waals surface area (Å²) in [7, 11) is -2.16. The molecule has 1 heterocycles. The van der Waals surface area contributed by atoms with Gasteiger partial charge in [0.2, 0.25) is 0 Å². The molecule has 1 aliphatic heterocycles. The van der Waals surface area contributed by atoms with Crippen LogP contribution in [0.15, 0.2) is 17.3 Å². The Bertz CT molecular complexity index is 634. The topological polar surface area (TPSA) is 101 Å². The van der Waals surface area contributed by atoms with Crippen LogP contribution in [-0.4, -0.2) is 32.9 Å². The van der Waals surface area contributed by atoms with E-state index in [1.165, 1.54) is 0 Å². The molecule has 138 valence electrons. The standard InChI is InChI=1S/C17H27N3O4Si/c1-16(2,3)25(4,5)24-13-9-6-8-12-14(21)23-15(22)17(12,13)10-7-11-19-20-18/h6,9,12-13H,7-8,10-11H2,1-5H3/t12-,13-,17+/m1/s1. The molecule has 0 N–H and O–H groups in total. The number of ether oxygens (including phenoxy) is 1. The van der Waals surface area contributed by atoms with E-state index in [0.717, 1.165) is 0 Å². The van der Waals surface area contributed by atoms with Crippen LogP contribution in [0.4, 0.5) is 0 Å². The molecule has 3 atom stereocenters. The molecular weight excluding hydrogens is 338 g/mol. The maximum atomic E-state index is 12.7. The van der Waals surface area contributed by atoms with Crippen LogP contribution in [0.25, 0.3) is 10.4 Å². The first-order valence-electron chi connectivity index (χ1n) is 8.68. The highest BCUT2D eigenvalue weighted by molar-refractivity contribution is 6.74. The lowest BCUT2D eigenvalue weighted by Gasteiger charge is -2.45. The molecule has 0 saturated carbocycles. The number of nitrogens with zero attached hydrogens (tertiary/aromatic N) is 3. The van der Waals surface area contributed by atoms with Crippen molar-refractivity contribution in [2.75, 3.05) is 6.54 Å². The van der Waals surface area contributed by atoms with Crippen molar-refractivity contribution in [3.8, 4) is 0 Å². The van der Waals surface area contributed by atoms with Gasteiger partial charge in [0, 0.05) is 11.5 Å². The number of hydrogen-bond donors (Lipinski definition) is 0. The number of fused-ring (bicyclic) bond motifs is 1. The first kappa shape index (κ1) is 19.7. The number of allylic oxidation sites excluding steroid dienone is 1. The number of hydrogen-bond acceptors (Lipinski definition) is 5. The molecule has 1 aliphatic carbocycles. The van der Waals surface area contributed by atoms with E-state index in [-0.39, 0.29) is 11.6 Å².